The highest BCUT2D eigenvalue weighted by molar-refractivity contribution is 7.92. The third-order valence-electron chi connectivity index (χ3n) is 5.25. The lowest BCUT2D eigenvalue weighted by Crippen LogP contribution is -2.21. The summed E-state index contributed by atoms with van der Waals surface area (Å²) in [5.41, 5.74) is 5.17. The number of rotatable bonds is 11. The number of benzene rings is 3. The fraction of sp³-hybridized carbons (Fsp3) is 0.231. The molecule has 1 amide bonds. The van der Waals surface area contributed by atoms with Gasteiger partial charge in [0.25, 0.3) is 15.9 Å². The molecule has 0 unspecified atom stereocenters. The summed E-state index contributed by atoms with van der Waals surface area (Å²) < 4.78 is 33.1. The maximum Gasteiger partial charge on any atom is 0.271 e. The molecule has 0 aromatic heterocycles. The van der Waals surface area contributed by atoms with Gasteiger partial charge >= 0.3 is 0 Å². The summed E-state index contributed by atoms with van der Waals surface area (Å²) in [6.07, 6.45) is 1.57. The van der Waals surface area contributed by atoms with Crippen molar-refractivity contribution in [2.45, 2.75) is 25.7 Å². The summed E-state index contributed by atoms with van der Waals surface area (Å²) in [5, 5.41) is 4.01. The summed E-state index contributed by atoms with van der Waals surface area (Å²) in [7, 11) is -3.77. The van der Waals surface area contributed by atoms with Crippen LogP contribution >= 0.6 is 0 Å². The van der Waals surface area contributed by atoms with Gasteiger partial charge in [-0.1, -0.05) is 12.1 Å². The number of amides is 1. The van der Waals surface area contributed by atoms with Gasteiger partial charge in [0.1, 0.15) is 5.75 Å². The molecule has 0 radical (unpaired) electrons. The number of hydrogen-bond acceptors (Lipinski definition) is 6. The van der Waals surface area contributed by atoms with Gasteiger partial charge in [0.2, 0.25) is 0 Å². The van der Waals surface area contributed by atoms with E-state index >= 15 is 0 Å². The third-order valence-corrected chi connectivity index (χ3v) is 6.64. The molecule has 0 heterocycles. The monoisotopic (exact) mass is 494 g/mol. The number of hydrogen-bond donors (Lipinski definition) is 2. The molecule has 8 nitrogen and oxygen atoms in total. The smallest absolute Gasteiger partial charge is 0.271 e. The van der Waals surface area contributed by atoms with E-state index in [0.717, 1.165) is 24.3 Å². The van der Waals surface area contributed by atoms with E-state index in [-0.39, 0.29) is 4.90 Å². The molecule has 184 valence electrons. The fourth-order valence-electron chi connectivity index (χ4n) is 3.38. The Hall–Kier alpha value is -3.85. The Morgan fingerprint density at radius 2 is 1.54 bits per heavy atom. The van der Waals surface area contributed by atoms with Crippen molar-refractivity contribution in [3.63, 3.8) is 0 Å². The lowest BCUT2D eigenvalue weighted by molar-refractivity contribution is 0.0955. The molecule has 0 fully saturated rings. The van der Waals surface area contributed by atoms with Crippen LogP contribution in [0.15, 0.2) is 82.8 Å². The average Bonchev–Trinajstić information content (AvgIpc) is 2.86. The number of anilines is 2. The lowest BCUT2D eigenvalue weighted by atomic mass is 10.2. The standard InChI is InChI=1S/C26H30N4O4S/c1-4-30(5-2)23-13-7-20(8-14-23)19-27-28-26(31)21-9-11-22(12-10-21)29-35(32,33)25-17-15-24(16-18-25)34-6-3/h7-19,29H,4-6H2,1-3H3,(H,28,31)/b27-19-. The summed E-state index contributed by atoms with van der Waals surface area (Å²) in [6.45, 7) is 8.44. The molecule has 0 aliphatic heterocycles. The molecule has 0 bridgehead atoms. The first-order valence-electron chi connectivity index (χ1n) is 11.4. The summed E-state index contributed by atoms with van der Waals surface area (Å²) in [4.78, 5) is 14.7. The minimum absolute atomic E-state index is 0.113. The predicted octanol–water partition coefficient (Wildman–Crippen LogP) is 4.50. The predicted molar refractivity (Wildman–Crippen MR) is 140 cm³/mol. The van der Waals surface area contributed by atoms with Gasteiger partial charge in [-0.3, -0.25) is 9.52 Å². The molecular formula is C26H30N4O4S. The van der Waals surface area contributed by atoms with Gasteiger partial charge in [-0.05, 0) is 87.0 Å². The molecule has 0 saturated heterocycles. The van der Waals surface area contributed by atoms with Crippen molar-refractivity contribution < 1.29 is 17.9 Å². The molecule has 2 N–H and O–H groups in total. The van der Waals surface area contributed by atoms with Crippen LogP contribution in [0.2, 0.25) is 0 Å². The van der Waals surface area contributed by atoms with E-state index in [2.05, 4.69) is 34.0 Å². The maximum atomic E-state index is 12.6. The number of nitrogens with zero attached hydrogens (tertiary/aromatic N) is 2. The molecular weight excluding hydrogens is 464 g/mol. The normalized spacial score (nSPS) is 11.3. The molecule has 0 saturated carbocycles. The second-order valence-corrected chi connectivity index (χ2v) is 9.23. The van der Waals surface area contributed by atoms with Crippen molar-refractivity contribution in [2.75, 3.05) is 29.3 Å². The van der Waals surface area contributed by atoms with E-state index in [9.17, 15) is 13.2 Å². The molecule has 35 heavy (non-hydrogen) atoms. The lowest BCUT2D eigenvalue weighted by Gasteiger charge is -2.20. The Labute approximate surface area is 206 Å². The zero-order valence-electron chi connectivity index (χ0n) is 20.1. The molecule has 0 spiro atoms. The molecule has 3 rings (SSSR count). The second-order valence-electron chi connectivity index (χ2n) is 7.55. The minimum Gasteiger partial charge on any atom is -0.494 e. The van der Waals surface area contributed by atoms with Gasteiger partial charge in [0.05, 0.1) is 17.7 Å². The van der Waals surface area contributed by atoms with Crippen LogP contribution < -0.4 is 19.8 Å². The highest BCUT2D eigenvalue weighted by Crippen LogP contribution is 2.20. The zero-order valence-corrected chi connectivity index (χ0v) is 20.9. The van der Waals surface area contributed by atoms with E-state index < -0.39 is 15.9 Å². The second kappa shape index (κ2) is 12.0. The van der Waals surface area contributed by atoms with Crippen molar-refractivity contribution in [3.8, 4) is 5.75 Å². The summed E-state index contributed by atoms with van der Waals surface area (Å²) >= 11 is 0. The van der Waals surface area contributed by atoms with E-state index in [1.54, 1.807) is 18.3 Å². The molecule has 3 aromatic carbocycles. The van der Waals surface area contributed by atoms with Crippen LogP contribution in [0.5, 0.6) is 5.75 Å². The minimum atomic E-state index is -3.77. The van der Waals surface area contributed by atoms with Gasteiger partial charge in [0.15, 0.2) is 0 Å². The Morgan fingerprint density at radius 3 is 2.11 bits per heavy atom. The number of sulfonamides is 1. The van der Waals surface area contributed by atoms with Crippen molar-refractivity contribution in [1.82, 2.24) is 5.43 Å². The Bertz CT molecular complexity index is 1240. The van der Waals surface area contributed by atoms with Gasteiger partial charge in [-0.2, -0.15) is 5.10 Å². The Morgan fingerprint density at radius 1 is 0.914 bits per heavy atom. The fourth-order valence-corrected chi connectivity index (χ4v) is 4.43. The number of carbonyl (C=O) groups is 1. The van der Waals surface area contributed by atoms with Crippen molar-refractivity contribution in [3.05, 3.63) is 83.9 Å². The number of ether oxygens (including phenoxy) is 1. The first kappa shape index (κ1) is 25.8. The van der Waals surface area contributed by atoms with E-state index in [1.807, 2.05) is 31.2 Å². The molecule has 0 aliphatic rings. The largest absolute Gasteiger partial charge is 0.494 e. The van der Waals surface area contributed by atoms with E-state index in [1.165, 1.54) is 36.4 Å². The number of carbonyl (C=O) groups excluding carboxylic acids is 1. The summed E-state index contributed by atoms with van der Waals surface area (Å²) in [5.74, 6) is 0.197. The SMILES string of the molecule is CCOc1ccc(S(=O)(=O)Nc2ccc(C(=O)N/N=C\c3ccc(N(CC)CC)cc3)cc2)cc1. The third kappa shape index (κ3) is 7.07. The Balaban J connectivity index is 1.57. The summed E-state index contributed by atoms with van der Waals surface area (Å²) in [6, 6.07) is 20.2. The first-order valence-corrected chi connectivity index (χ1v) is 12.9. The van der Waals surface area contributed by atoms with Gasteiger partial charge in [-0.15, -0.1) is 0 Å². The van der Waals surface area contributed by atoms with Gasteiger partial charge in [0, 0.05) is 30.0 Å². The van der Waals surface area contributed by atoms with Crippen molar-refractivity contribution >= 4 is 33.5 Å². The average molecular weight is 495 g/mol. The van der Waals surface area contributed by atoms with E-state index in [4.69, 9.17) is 4.74 Å². The van der Waals surface area contributed by atoms with Crippen LogP contribution in [-0.4, -0.2) is 40.2 Å². The van der Waals surface area contributed by atoms with E-state index in [0.29, 0.717) is 23.6 Å². The van der Waals surface area contributed by atoms with Crippen LogP contribution in [0, 0.1) is 0 Å². The van der Waals surface area contributed by atoms with Crippen molar-refractivity contribution in [2.24, 2.45) is 5.10 Å². The van der Waals surface area contributed by atoms with Crippen LogP contribution in [0.25, 0.3) is 0 Å². The van der Waals surface area contributed by atoms with Gasteiger partial charge < -0.3 is 9.64 Å². The highest BCUT2D eigenvalue weighted by Gasteiger charge is 2.15. The zero-order chi connectivity index (χ0) is 25.3. The topological polar surface area (TPSA) is 100 Å². The van der Waals surface area contributed by atoms with Crippen LogP contribution in [-0.2, 0) is 10.0 Å². The molecule has 0 atom stereocenters. The quantitative estimate of drug-likeness (QED) is 0.302. The maximum absolute atomic E-state index is 12.6. The van der Waals surface area contributed by atoms with Crippen LogP contribution in [0.1, 0.15) is 36.7 Å². The van der Waals surface area contributed by atoms with Gasteiger partial charge in [-0.25, -0.2) is 13.8 Å². The van der Waals surface area contributed by atoms with Crippen LogP contribution in [0.4, 0.5) is 11.4 Å². The van der Waals surface area contributed by atoms with Crippen molar-refractivity contribution in [1.29, 1.82) is 0 Å². The Kier molecular flexibility index (Phi) is 8.86. The number of nitrogens with one attached hydrogen (secondary N) is 2. The van der Waals surface area contributed by atoms with Crippen LogP contribution in [0.3, 0.4) is 0 Å². The molecule has 0 aliphatic carbocycles. The highest BCUT2D eigenvalue weighted by atomic mass is 32.2. The molecule has 9 heteroatoms. The molecule has 3 aromatic rings. The number of hydrazone groups is 1. The first-order chi connectivity index (χ1) is 16.9.